The average molecular weight is 473 g/mol. The summed E-state index contributed by atoms with van der Waals surface area (Å²) in [4.78, 5) is 10.8. The van der Waals surface area contributed by atoms with Crippen LogP contribution >= 0.6 is 0 Å². The Bertz CT molecular complexity index is 1070. The smallest absolute Gasteiger partial charge is 0.334 e. The van der Waals surface area contributed by atoms with Crippen molar-refractivity contribution in [1.29, 1.82) is 0 Å². The predicted octanol–water partition coefficient (Wildman–Crippen LogP) is 5.39. The normalized spacial score (nSPS) is 24.2. The van der Waals surface area contributed by atoms with E-state index < -0.39 is 39.8 Å². The molecule has 0 saturated heterocycles. The van der Waals surface area contributed by atoms with E-state index in [1.54, 1.807) is 42.5 Å². The molecule has 1 aliphatic heterocycles. The Morgan fingerprint density at radius 2 is 1.47 bits per heavy atom. The Morgan fingerprint density at radius 3 is 2.00 bits per heavy atom. The molecule has 2 atom stereocenters. The molecule has 0 aromatic heterocycles. The van der Waals surface area contributed by atoms with Crippen molar-refractivity contribution in [3.8, 4) is 0 Å². The summed E-state index contributed by atoms with van der Waals surface area (Å²) >= 11 is 0. The van der Waals surface area contributed by atoms with Crippen molar-refractivity contribution in [2.24, 2.45) is 0 Å². The second-order valence-corrected chi connectivity index (χ2v) is 11.3. The summed E-state index contributed by atoms with van der Waals surface area (Å²) in [5.41, 5.74) is 0.0538. The van der Waals surface area contributed by atoms with E-state index in [1.807, 2.05) is 20.8 Å². The number of hydrogen-bond acceptors (Lipinski definition) is 5. The molecule has 176 valence electrons. The summed E-state index contributed by atoms with van der Waals surface area (Å²) in [6.45, 7) is 7.36. The summed E-state index contributed by atoms with van der Waals surface area (Å²) in [5, 5.41) is 0. The highest BCUT2D eigenvalue weighted by atomic mass is 32.2. The Morgan fingerprint density at radius 1 is 0.906 bits per heavy atom. The molecule has 1 aliphatic rings. The zero-order valence-electron chi connectivity index (χ0n) is 18.6. The lowest BCUT2D eigenvalue weighted by Gasteiger charge is -2.42. The topological polar surface area (TPSA) is 61.8 Å². The summed E-state index contributed by atoms with van der Waals surface area (Å²) < 4.78 is 69.5. The fourth-order valence-electron chi connectivity index (χ4n) is 3.63. The SMILES string of the molecule is CC(C)(C)c1ccc(S(=O)(=O)C[C@@]2(C)OOC(C)(OCC(F)(F)F)c3ccccc32)cc1. The van der Waals surface area contributed by atoms with Gasteiger partial charge in [-0.05, 0) is 42.5 Å². The molecule has 0 saturated carbocycles. The first-order valence-electron chi connectivity index (χ1n) is 10.1. The summed E-state index contributed by atoms with van der Waals surface area (Å²) in [6, 6.07) is 13.0. The van der Waals surface area contributed by atoms with Crippen LogP contribution in [0.4, 0.5) is 13.2 Å². The van der Waals surface area contributed by atoms with E-state index in [2.05, 4.69) is 0 Å². The minimum atomic E-state index is -4.56. The van der Waals surface area contributed by atoms with Gasteiger partial charge < -0.3 is 4.74 Å². The van der Waals surface area contributed by atoms with Gasteiger partial charge in [0.1, 0.15) is 12.2 Å². The van der Waals surface area contributed by atoms with Gasteiger partial charge in [-0.25, -0.2) is 13.3 Å². The molecule has 5 nitrogen and oxygen atoms in total. The summed E-state index contributed by atoms with van der Waals surface area (Å²) in [7, 11) is -3.82. The molecule has 32 heavy (non-hydrogen) atoms. The van der Waals surface area contributed by atoms with E-state index >= 15 is 0 Å². The van der Waals surface area contributed by atoms with Crippen molar-refractivity contribution in [3.63, 3.8) is 0 Å². The Balaban J connectivity index is 1.93. The lowest BCUT2D eigenvalue weighted by molar-refractivity contribution is -0.484. The van der Waals surface area contributed by atoms with Gasteiger partial charge >= 0.3 is 6.18 Å². The molecule has 0 radical (unpaired) electrons. The number of benzene rings is 2. The molecule has 0 aliphatic carbocycles. The highest BCUT2D eigenvalue weighted by molar-refractivity contribution is 7.91. The van der Waals surface area contributed by atoms with Crippen LogP contribution in [0.3, 0.4) is 0 Å². The number of halogens is 3. The van der Waals surface area contributed by atoms with Crippen LogP contribution in [0.2, 0.25) is 0 Å². The maximum atomic E-state index is 13.2. The van der Waals surface area contributed by atoms with Gasteiger partial charge in [0.15, 0.2) is 9.84 Å². The van der Waals surface area contributed by atoms with Gasteiger partial charge in [0.05, 0.1) is 10.6 Å². The van der Waals surface area contributed by atoms with Crippen LogP contribution in [0.5, 0.6) is 0 Å². The van der Waals surface area contributed by atoms with Gasteiger partial charge in [0.25, 0.3) is 0 Å². The standard InChI is InChI=1S/C23H27F3O5S/c1-20(2,3)16-10-12-17(13-11-16)32(27,28)15-21(4)18-8-6-7-9-19(18)22(5,31-30-21)29-14-23(24,25)26/h6-13H,14-15H2,1-5H3/t21-,22?/m1/s1. The molecular formula is C23H27F3O5S. The van der Waals surface area contributed by atoms with Gasteiger partial charge in [-0.2, -0.15) is 18.1 Å². The first kappa shape index (κ1) is 24.7. The zero-order valence-corrected chi connectivity index (χ0v) is 19.4. The number of fused-ring (bicyclic) bond motifs is 1. The van der Waals surface area contributed by atoms with E-state index in [0.29, 0.717) is 5.56 Å². The fourth-order valence-corrected chi connectivity index (χ4v) is 5.28. The first-order chi connectivity index (χ1) is 14.6. The van der Waals surface area contributed by atoms with Gasteiger partial charge in [0.2, 0.25) is 5.79 Å². The van der Waals surface area contributed by atoms with E-state index in [0.717, 1.165) is 5.56 Å². The zero-order chi connectivity index (χ0) is 24.0. The second kappa shape index (κ2) is 8.13. The van der Waals surface area contributed by atoms with Gasteiger partial charge in [-0.1, -0.05) is 57.2 Å². The lowest BCUT2D eigenvalue weighted by atomic mass is 9.87. The average Bonchev–Trinajstić information content (AvgIpc) is 2.69. The molecule has 0 spiro atoms. The monoisotopic (exact) mass is 472 g/mol. The molecule has 9 heteroatoms. The quantitative estimate of drug-likeness (QED) is 0.547. The van der Waals surface area contributed by atoms with E-state index in [4.69, 9.17) is 14.5 Å². The molecule has 0 N–H and O–H groups in total. The van der Waals surface area contributed by atoms with Crippen LogP contribution in [-0.2, 0) is 41.2 Å². The van der Waals surface area contributed by atoms with Crippen molar-refractivity contribution < 1.29 is 36.1 Å². The van der Waals surface area contributed by atoms with Crippen molar-refractivity contribution >= 4 is 9.84 Å². The van der Waals surface area contributed by atoms with Crippen LogP contribution in [0, 0.1) is 0 Å². The van der Waals surface area contributed by atoms with Crippen molar-refractivity contribution in [2.75, 3.05) is 12.4 Å². The Kier molecular flexibility index (Phi) is 6.27. The molecule has 0 amide bonds. The second-order valence-electron chi connectivity index (χ2n) is 9.33. The third kappa shape index (κ3) is 5.17. The summed E-state index contributed by atoms with van der Waals surface area (Å²) in [6.07, 6.45) is -4.56. The first-order valence-corrected chi connectivity index (χ1v) is 11.7. The maximum Gasteiger partial charge on any atom is 0.411 e. The van der Waals surface area contributed by atoms with Crippen LogP contribution in [0.15, 0.2) is 53.4 Å². The summed E-state index contributed by atoms with van der Waals surface area (Å²) in [5.74, 6) is -2.31. The van der Waals surface area contributed by atoms with Crippen molar-refractivity contribution in [2.45, 2.75) is 62.5 Å². The number of rotatable bonds is 5. The third-order valence-electron chi connectivity index (χ3n) is 5.43. The van der Waals surface area contributed by atoms with Crippen molar-refractivity contribution in [1.82, 2.24) is 0 Å². The van der Waals surface area contributed by atoms with Gasteiger partial charge in [0, 0.05) is 5.56 Å². The highest BCUT2D eigenvalue weighted by Gasteiger charge is 2.49. The van der Waals surface area contributed by atoms with E-state index in [9.17, 15) is 21.6 Å². The van der Waals surface area contributed by atoms with Crippen LogP contribution < -0.4 is 0 Å². The largest absolute Gasteiger partial charge is 0.411 e. The molecule has 3 rings (SSSR count). The van der Waals surface area contributed by atoms with E-state index in [-0.39, 0.29) is 15.9 Å². The Labute approximate surface area is 186 Å². The third-order valence-corrected chi connectivity index (χ3v) is 7.35. The van der Waals surface area contributed by atoms with Crippen LogP contribution in [-0.4, -0.2) is 27.0 Å². The number of hydrogen-bond donors (Lipinski definition) is 0. The minimum Gasteiger partial charge on any atom is -0.334 e. The number of ether oxygens (including phenoxy) is 1. The Hall–Kier alpha value is -1.94. The highest BCUT2D eigenvalue weighted by Crippen LogP contribution is 2.44. The van der Waals surface area contributed by atoms with Crippen molar-refractivity contribution in [3.05, 3.63) is 65.2 Å². The lowest BCUT2D eigenvalue weighted by Crippen LogP contribution is -2.47. The van der Waals surface area contributed by atoms with Crippen LogP contribution in [0.25, 0.3) is 0 Å². The minimum absolute atomic E-state index is 0.120. The predicted molar refractivity (Wildman–Crippen MR) is 113 cm³/mol. The fraction of sp³-hybridized carbons (Fsp3) is 0.478. The molecule has 1 heterocycles. The molecular weight excluding hydrogens is 445 g/mol. The van der Waals surface area contributed by atoms with E-state index in [1.165, 1.54) is 19.9 Å². The van der Waals surface area contributed by atoms with Gasteiger partial charge in [-0.3, -0.25) is 0 Å². The number of alkyl halides is 3. The maximum absolute atomic E-state index is 13.2. The number of sulfone groups is 1. The van der Waals surface area contributed by atoms with Crippen LogP contribution in [0.1, 0.15) is 51.3 Å². The molecule has 0 bridgehead atoms. The molecule has 2 aromatic rings. The molecule has 1 unspecified atom stereocenters. The van der Waals surface area contributed by atoms with Gasteiger partial charge in [-0.15, -0.1) is 0 Å². The molecule has 2 aromatic carbocycles. The molecule has 0 fully saturated rings.